The maximum absolute atomic E-state index is 12.4. The van der Waals surface area contributed by atoms with Gasteiger partial charge >= 0.3 is 0 Å². The van der Waals surface area contributed by atoms with E-state index in [2.05, 4.69) is 20.6 Å². The van der Waals surface area contributed by atoms with Gasteiger partial charge in [-0.3, -0.25) is 14.8 Å². The Morgan fingerprint density at radius 1 is 1.07 bits per heavy atom. The van der Waals surface area contributed by atoms with E-state index < -0.39 is 0 Å². The number of hydrogen-bond acceptors (Lipinski definition) is 5. The number of aromatic nitrogens is 4. The first-order chi connectivity index (χ1) is 13.2. The number of nitrogens with one attached hydrogen (secondary N) is 1. The molecule has 2 aromatic carbocycles. The minimum absolute atomic E-state index is 0.281. The summed E-state index contributed by atoms with van der Waals surface area (Å²) in [5.41, 5.74) is 2.34. The Labute approximate surface area is 164 Å². The van der Waals surface area contributed by atoms with E-state index in [1.54, 1.807) is 10.9 Å². The second-order valence-electron chi connectivity index (χ2n) is 5.75. The average molecular weight is 396 g/mol. The summed E-state index contributed by atoms with van der Waals surface area (Å²) in [5.74, 6) is -0.281. The third-order valence-corrected chi connectivity index (χ3v) is 5.11. The lowest BCUT2D eigenvalue weighted by Crippen LogP contribution is -2.11. The fourth-order valence-corrected chi connectivity index (χ4v) is 3.45. The SMILES string of the molecule is O=C(Nc1nnc(-c2ccccc2)s1)c1cnn(Cc2ccccc2Cl)c1. The van der Waals surface area contributed by atoms with Crippen LogP contribution in [-0.2, 0) is 6.54 Å². The Hall–Kier alpha value is -3.03. The molecule has 0 unspecified atom stereocenters. The van der Waals surface area contributed by atoms with Crippen molar-refractivity contribution in [2.24, 2.45) is 0 Å². The van der Waals surface area contributed by atoms with Crippen molar-refractivity contribution in [3.8, 4) is 10.6 Å². The number of rotatable bonds is 5. The number of halogens is 1. The van der Waals surface area contributed by atoms with Crippen molar-refractivity contribution in [1.29, 1.82) is 0 Å². The van der Waals surface area contributed by atoms with E-state index in [0.29, 0.717) is 22.3 Å². The monoisotopic (exact) mass is 395 g/mol. The minimum atomic E-state index is -0.281. The third kappa shape index (κ3) is 4.05. The highest BCUT2D eigenvalue weighted by molar-refractivity contribution is 7.18. The molecule has 0 aliphatic heterocycles. The molecule has 6 nitrogen and oxygen atoms in total. The Morgan fingerprint density at radius 2 is 1.85 bits per heavy atom. The highest BCUT2D eigenvalue weighted by Crippen LogP contribution is 2.26. The molecule has 0 fully saturated rings. The van der Waals surface area contributed by atoms with Crippen LogP contribution in [0.25, 0.3) is 10.6 Å². The standard InChI is InChI=1S/C19H14ClN5OS/c20-16-9-5-4-8-14(16)11-25-12-15(10-21-25)17(26)22-19-24-23-18(27-19)13-6-2-1-3-7-13/h1-10,12H,11H2,(H,22,24,26). The average Bonchev–Trinajstić information content (AvgIpc) is 3.34. The molecule has 0 saturated carbocycles. The number of nitrogens with zero attached hydrogens (tertiary/aromatic N) is 4. The fraction of sp³-hybridized carbons (Fsp3) is 0.0526. The number of amides is 1. The van der Waals surface area contributed by atoms with Crippen LogP contribution in [-0.4, -0.2) is 25.9 Å². The molecular formula is C19H14ClN5OS. The Morgan fingerprint density at radius 3 is 2.67 bits per heavy atom. The lowest BCUT2D eigenvalue weighted by Gasteiger charge is -2.03. The number of carbonyl (C=O) groups is 1. The molecular weight excluding hydrogens is 382 g/mol. The maximum Gasteiger partial charge on any atom is 0.260 e. The van der Waals surface area contributed by atoms with E-state index in [1.165, 1.54) is 17.5 Å². The van der Waals surface area contributed by atoms with Crippen LogP contribution in [0.1, 0.15) is 15.9 Å². The predicted octanol–water partition coefficient (Wildman–Crippen LogP) is 4.36. The number of benzene rings is 2. The fourth-order valence-electron chi connectivity index (χ4n) is 2.51. The number of carbonyl (C=O) groups excluding carboxylic acids is 1. The Kier molecular flexibility index (Phi) is 4.95. The first-order valence-corrected chi connectivity index (χ1v) is 9.34. The van der Waals surface area contributed by atoms with Crippen LogP contribution in [0.3, 0.4) is 0 Å². The zero-order chi connectivity index (χ0) is 18.6. The summed E-state index contributed by atoms with van der Waals surface area (Å²) in [6, 6.07) is 17.2. The normalized spacial score (nSPS) is 10.7. The maximum atomic E-state index is 12.4. The van der Waals surface area contributed by atoms with Crippen LogP contribution in [0, 0.1) is 0 Å². The Bertz CT molecular complexity index is 1080. The number of anilines is 1. The van der Waals surface area contributed by atoms with Crippen molar-refractivity contribution >= 4 is 34.0 Å². The molecule has 0 spiro atoms. The van der Waals surface area contributed by atoms with Gasteiger partial charge in [0.2, 0.25) is 5.13 Å². The summed E-state index contributed by atoms with van der Waals surface area (Å²) in [4.78, 5) is 12.4. The van der Waals surface area contributed by atoms with Crippen molar-refractivity contribution in [2.45, 2.75) is 6.54 Å². The zero-order valence-corrected chi connectivity index (χ0v) is 15.6. The van der Waals surface area contributed by atoms with Gasteiger partial charge in [0.25, 0.3) is 5.91 Å². The van der Waals surface area contributed by atoms with Crippen LogP contribution in [0.4, 0.5) is 5.13 Å². The molecule has 27 heavy (non-hydrogen) atoms. The predicted molar refractivity (Wildman–Crippen MR) is 106 cm³/mol. The molecule has 8 heteroatoms. The summed E-state index contributed by atoms with van der Waals surface area (Å²) in [6.07, 6.45) is 3.20. The molecule has 0 bridgehead atoms. The van der Waals surface area contributed by atoms with Crippen LogP contribution in [0.2, 0.25) is 5.02 Å². The summed E-state index contributed by atoms with van der Waals surface area (Å²) in [6.45, 7) is 0.490. The van der Waals surface area contributed by atoms with Gasteiger partial charge in [0.05, 0.1) is 18.3 Å². The molecule has 1 N–H and O–H groups in total. The van der Waals surface area contributed by atoms with Crippen molar-refractivity contribution in [3.63, 3.8) is 0 Å². The Balaban J connectivity index is 1.44. The van der Waals surface area contributed by atoms with Gasteiger partial charge in [-0.25, -0.2) is 0 Å². The number of hydrogen-bond donors (Lipinski definition) is 1. The molecule has 0 saturated heterocycles. The first kappa shape index (κ1) is 17.4. The van der Waals surface area contributed by atoms with E-state index in [0.717, 1.165) is 16.1 Å². The molecule has 2 aromatic heterocycles. The molecule has 4 aromatic rings. The first-order valence-electron chi connectivity index (χ1n) is 8.15. The highest BCUT2D eigenvalue weighted by Gasteiger charge is 2.13. The zero-order valence-electron chi connectivity index (χ0n) is 14.0. The van der Waals surface area contributed by atoms with E-state index in [4.69, 9.17) is 11.6 Å². The van der Waals surface area contributed by atoms with Gasteiger partial charge in [-0.15, -0.1) is 10.2 Å². The van der Waals surface area contributed by atoms with Crippen LogP contribution >= 0.6 is 22.9 Å². The molecule has 2 heterocycles. The van der Waals surface area contributed by atoms with Gasteiger partial charge in [0.1, 0.15) is 5.01 Å². The van der Waals surface area contributed by atoms with Gasteiger partial charge < -0.3 is 0 Å². The molecule has 4 rings (SSSR count). The van der Waals surface area contributed by atoms with Crippen molar-refractivity contribution < 1.29 is 4.79 Å². The summed E-state index contributed by atoms with van der Waals surface area (Å²) in [5, 5.41) is 17.0. The van der Waals surface area contributed by atoms with Gasteiger partial charge in [-0.1, -0.05) is 71.5 Å². The molecule has 134 valence electrons. The molecule has 1 amide bonds. The summed E-state index contributed by atoms with van der Waals surface area (Å²) in [7, 11) is 0. The highest BCUT2D eigenvalue weighted by atomic mass is 35.5. The largest absolute Gasteiger partial charge is 0.296 e. The van der Waals surface area contributed by atoms with Gasteiger partial charge in [-0.2, -0.15) is 5.10 Å². The van der Waals surface area contributed by atoms with E-state index >= 15 is 0 Å². The molecule has 0 aliphatic rings. The summed E-state index contributed by atoms with van der Waals surface area (Å²) < 4.78 is 1.67. The summed E-state index contributed by atoms with van der Waals surface area (Å²) >= 11 is 7.49. The van der Waals surface area contributed by atoms with E-state index in [1.807, 2.05) is 54.6 Å². The van der Waals surface area contributed by atoms with Gasteiger partial charge in [-0.05, 0) is 11.6 Å². The van der Waals surface area contributed by atoms with Crippen LogP contribution in [0.5, 0.6) is 0 Å². The topological polar surface area (TPSA) is 72.7 Å². The lowest BCUT2D eigenvalue weighted by molar-refractivity contribution is 0.102. The van der Waals surface area contributed by atoms with E-state index in [-0.39, 0.29) is 5.91 Å². The quantitative estimate of drug-likeness (QED) is 0.545. The van der Waals surface area contributed by atoms with Crippen LogP contribution < -0.4 is 5.32 Å². The smallest absolute Gasteiger partial charge is 0.260 e. The third-order valence-electron chi connectivity index (χ3n) is 3.85. The second kappa shape index (κ2) is 7.69. The lowest BCUT2D eigenvalue weighted by atomic mass is 10.2. The van der Waals surface area contributed by atoms with Gasteiger partial charge in [0.15, 0.2) is 0 Å². The molecule has 0 atom stereocenters. The van der Waals surface area contributed by atoms with Crippen molar-refractivity contribution in [1.82, 2.24) is 20.0 Å². The molecule has 0 radical (unpaired) electrons. The van der Waals surface area contributed by atoms with Crippen molar-refractivity contribution in [2.75, 3.05) is 5.32 Å². The molecule has 0 aliphatic carbocycles. The van der Waals surface area contributed by atoms with Crippen LogP contribution in [0.15, 0.2) is 67.0 Å². The van der Waals surface area contributed by atoms with E-state index in [9.17, 15) is 4.79 Å². The van der Waals surface area contributed by atoms with Crippen molar-refractivity contribution in [3.05, 3.63) is 83.1 Å². The second-order valence-corrected chi connectivity index (χ2v) is 7.14. The minimum Gasteiger partial charge on any atom is -0.296 e. The van der Waals surface area contributed by atoms with Gasteiger partial charge in [0, 0.05) is 16.8 Å².